The number of unbranched alkanes of at least 4 members (excludes halogenated alkanes) is 6. The molecule has 1 radical (unpaired) electrons. The molecule has 0 bridgehead atoms. The SMILES string of the molecule is CCCCCCCCCC(S)[Si]=C(O)C(CO)OCC. The molecule has 20 heavy (non-hydrogen) atoms. The summed E-state index contributed by atoms with van der Waals surface area (Å²) in [7, 11) is 0.240. The lowest BCUT2D eigenvalue weighted by molar-refractivity contribution is 0.0545. The highest BCUT2D eigenvalue weighted by atomic mass is 32.1. The van der Waals surface area contributed by atoms with Crippen molar-refractivity contribution in [3.05, 3.63) is 0 Å². The van der Waals surface area contributed by atoms with E-state index in [4.69, 9.17) is 9.84 Å². The summed E-state index contributed by atoms with van der Waals surface area (Å²) in [6.45, 7) is 4.42. The molecule has 0 amide bonds. The maximum absolute atomic E-state index is 9.91. The van der Waals surface area contributed by atoms with Crippen LogP contribution in [0.5, 0.6) is 0 Å². The highest BCUT2D eigenvalue weighted by Gasteiger charge is 2.13. The van der Waals surface area contributed by atoms with Crippen molar-refractivity contribution in [3.8, 4) is 0 Å². The van der Waals surface area contributed by atoms with E-state index in [0.717, 1.165) is 6.42 Å². The van der Waals surface area contributed by atoms with Gasteiger partial charge in [0, 0.05) is 11.5 Å². The Labute approximate surface area is 132 Å². The lowest BCUT2D eigenvalue weighted by atomic mass is 10.1. The van der Waals surface area contributed by atoms with Crippen LogP contribution in [0, 0.1) is 0 Å². The third-order valence-electron chi connectivity index (χ3n) is 3.23. The van der Waals surface area contributed by atoms with Gasteiger partial charge in [-0.05, 0) is 13.3 Å². The summed E-state index contributed by atoms with van der Waals surface area (Å²) in [5.74, 6) is 0. The maximum atomic E-state index is 9.91. The predicted molar refractivity (Wildman–Crippen MR) is 90.6 cm³/mol. The summed E-state index contributed by atoms with van der Waals surface area (Å²) in [5.41, 5.74) is 0. The topological polar surface area (TPSA) is 49.7 Å². The first-order valence-electron chi connectivity index (χ1n) is 7.88. The lowest BCUT2D eigenvalue weighted by Gasteiger charge is -2.15. The van der Waals surface area contributed by atoms with Crippen LogP contribution in [-0.2, 0) is 4.74 Å². The summed E-state index contributed by atoms with van der Waals surface area (Å²) >= 11 is 4.52. The third-order valence-corrected chi connectivity index (χ3v) is 5.12. The van der Waals surface area contributed by atoms with Crippen LogP contribution in [0.4, 0.5) is 0 Å². The molecule has 0 saturated carbocycles. The van der Waals surface area contributed by atoms with Gasteiger partial charge in [0.2, 0.25) is 0 Å². The number of hydrogen-bond acceptors (Lipinski definition) is 4. The van der Waals surface area contributed by atoms with Crippen LogP contribution in [0.15, 0.2) is 0 Å². The van der Waals surface area contributed by atoms with Crippen molar-refractivity contribution in [2.45, 2.75) is 76.2 Å². The second kappa shape index (κ2) is 14.1. The Morgan fingerprint density at radius 3 is 2.25 bits per heavy atom. The zero-order chi connectivity index (χ0) is 15.2. The van der Waals surface area contributed by atoms with Crippen LogP contribution in [0.2, 0.25) is 0 Å². The molecule has 0 aromatic heterocycles. The molecule has 0 aliphatic heterocycles. The van der Waals surface area contributed by atoms with Gasteiger partial charge in [-0.3, -0.25) is 0 Å². The van der Waals surface area contributed by atoms with Gasteiger partial charge in [-0.2, -0.15) is 12.6 Å². The van der Waals surface area contributed by atoms with Crippen molar-refractivity contribution in [2.24, 2.45) is 0 Å². The Morgan fingerprint density at radius 2 is 1.70 bits per heavy atom. The van der Waals surface area contributed by atoms with E-state index in [2.05, 4.69) is 19.6 Å². The van der Waals surface area contributed by atoms with Gasteiger partial charge in [-0.1, -0.05) is 51.9 Å². The molecule has 0 aliphatic carbocycles. The maximum Gasteiger partial charge on any atom is 0.132 e. The van der Waals surface area contributed by atoms with Crippen LogP contribution in [0.25, 0.3) is 0 Å². The highest BCUT2D eigenvalue weighted by molar-refractivity contribution is 7.82. The van der Waals surface area contributed by atoms with Crippen molar-refractivity contribution in [2.75, 3.05) is 13.2 Å². The average molecular weight is 320 g/mol. The van der Waals surface area contributed by atoms with E-state index in [-0.39, 0.29) is 26.0 Å². The van der Waals surface area contributed by atoms with Crippen molar-refractivity contribution in [1.82, 2.24) is 0 Å². The fourth-order valence-corrected chi connectivity index (χ4v) is 3.68. The first-order chi connectivity index (χ1) is 9.65. The van der Waals surface area contributed by atoms with E-state index in [0.29, 0.717) is 6.61 Å². The zero-order valence-corrected chi connectivity index (χ0v) is 14.9. The highest BCUT2D eigenvalue weighted by Crippen LogP contribution is 2.11. The van der Waals surface area contributed by atoms with E-state index < -0.39 is 6.10 Å². The number of rotatable bonds is 13. The molecule has 2 atom stereocenters. The Bertz CT molecular complexity index is 249. The molecular weight excluding hydrogens is 288 g/mol. The fourth-order valence-electron chi connectivity index (χ4n) is 2.05. The van der Waals surface area contributed by atoms with Crippen molar-refractivity contribution < 1.29 is 14.9 Å². The second-order valence-corrected chi connectivity index (χ2v) is 7.69. The van der Waals surface area contributed by atoms with Crippen LogP contribution in [0.1, 0.15) is 65.2 Å². The standard InChI is InChI=1S/C15H31O3SSi/c1-3-5-6-7-8-9-10-11-14(19)20-15(17)13(12-16)18-4-2/h13-14,16-17,19H,3-12H2,1-2H3. The zero-order valence-electron chi connectivity index (χ0n) is 13.0. The molecule has 0 spiro atoms. The van der Waals surface area contributed by atoms with Gasteiger partial charge in [-0.25, -0.2) is 0 Å². The number of aliphatic hydroxyl groups is 2. The van der Waals surface area contributed by atoms with Gasteiger partial charge in [-0.15, -0.1) is 0 Å². The summed E-state index contributed by atoms with van der Waals surface area (Å²) in [6.07, 6.45) is 9.52. The van der Waals surface area contributed by atoms with E-state index in [1.165, 1.54) is 44.9 Å². The molecule has 0 aliphatic rings. The van der Waals surface area contributed by atoms with Gasteiger partial charge in [0.05, 0.1) is 21.1 Å². The molecular formula is C15H31O3SSi. The molecule has 0 saturated heterocycles. The quantitative estimate of drug-likeness (QED) is 0.278. The van der Waals surface area contributed by atoms with Gasteiger partial charge in [0.1, 0.15) is 6.10 Å². The van der Waals surface area contributed by atoms with Crippen LogP contribution in [-0.4, -0.2) is 48.9 Å². The van der Waals surface area contributed by atoms with Crippen molar-refractivity contribution in [3.63, 3.8) is 0 Å². The van der Waals surface area contributed by atoms with Gasteiger partial charge >= 0.3 is 0 Å². The van der Waals surface area contributed by atoms with E-state index in [9.17, 15) is 5.11 Å². The summed E-state index contributed by atoms with van der Waals surface area (Å²) in [6, 6.07) is 0. The summed E-state index contributed by atoms with van der Waals surface area (Å²) in [4.78, 5) is 0.181. The van der Waals surface area contributed by atoms with Crippen LogP contribution in [0.3, 0.4) is 0 Å². The normalized spacial score (nSPS) is 15.3. The van der Waals surface area contributed by atoms with E-state index >= 15 is 0 Å². The first-order valence-corrected chi connectivity index (χ1v) is 9.47. The Balaban J connectivity index is 3.77. The van der Waals surface area contributed by atoms with Crippen LogP contribution < -0.4 is 0 Å². The second-order valence-electron chi connectivity index (χ2n) is 5.08. The largest absolute Gasteiger partial charge is 0.515 e. The van der Waals surface area contributed by atoms with E-state index in [1.54, 1.807) is 0 Å². The minimum Gasteiger partial charge on any atom is -0.515 e. The molecule has 119 valence electrons. The Morgan fingerprint density at radius 1 is 1.10 bits per heavy atom. The summed E-state index contributed by atoms with van der Waals surface area (Å²) < 4.78 is 5.27. The fraction of sp³-hybridized carbons (Fsp3) is 0.933. The molecule has 2 N–H and O–H groups in total. The van der Waals surface area contributed by atoms with Crippen LogP contribution >= 0.6 is 12.6 Å². The Kier molecular flexibility index (Phi) is 14.2. The third kappa shape index (κ3) is 10.9. The predicted octanol–water partition coefficient (Wildman–Crippen LogP) is 2.99. The van der Waals surface area contributed by atoms with Gasteiger partial charge in [0.25, 0.3) is 0 Å². The number of hydrogen-bond donors (Lipinski definition) is 3. The van der Waals surface area contributed by atoms with Crippen molar-refractivity contribution in [1.29, 1.82) is 0 Å². The molecule has 0 fully saturated rings. The molecule has 0 rings (SSSR count). The van der Waals surface area contributed by atoms with Gasteiger partial charge < -0.3 is 14.9 Å². The van der Waals surface area contributed by atoms with Crippen molar-refractivity contribution >= 4 is 27.1 Å². The molecule has 2 unspecified atom stereocenters. The average Bonchev–Trinajstić information content (AvgIpc) is 2.43. The number of ether oxygens (including phenoxy) is 1. The molecule has 0 heterocycles. The van der Waals surface area contributed by atoms with E-state index in [1.807, 2.05) is 6.92 Å². The monoisotopic (exact) mass is 319 g/mol. The molecule has 5 heteroatoms. The summed E-state index contributed by atoms with van der Waals surface area (Å²) in [5, 5.41) is 19.3. The van der Waals surface area contributed by atoms with Gasteiger partial charge in [0.15, 0.2) is 0 Å². The minimum atomic E-state index is -0.540. The molecule has 0 aromatic carbocycles. The lowest BCUT2D eigenvalue weighted by Crippen LogP contribution is -2.32. The number of aliphatic hydroxyl groups excluding tert-OH is 2. The minimum absolute atomic E-state index is 0.162. The Hall–Kier alpha value is 0.157. The first kappa shape index (κ1) is 20.2. The number of thiol groups is 1. The smallest absolute Gasteiger partial charge is 0.132 e. The molecule has 0 aromatic rings. The molecule has 3 nitrogen and oxygen atoms in total.